The molecule has 1 atom stereocenters. The molecule has 1 aromatic carbocycles. The van der Waals surface area contributed by atoms with Gasteiger partial charge in [-0.25, -0.2) is 0 Å². The summed E-state index contributed by atoms with van der Waals surface area (Å²) in [4.78, 5) is 20.6. The van der Waals surface area contributed by atoms with E-state index < -0.39 is 28.2 Å². The molecule has 0 spiro atoms. The van der Waals surface area contributed by atoms with Gasteiger partial charge in [0.05, 0.1) is 17.1 Å². The van der Waals surface area contributed by atoms with Crippen LogP contribution in [0, 0.1) is 10.1 Å². The van der Waals surface area contributed by atoms with Crippen LogP contribution >= 0.6 is 0 Å². The number of nitro groups is 1. The predicted molar refractivity (Wildman–Crippen MR) is 50.0 cm³/mol. The Hall–Kier alpha value is -2.15. The summed E-state index contributed by atoms with van der Waals surface area (Å²) in [5.74, 6) is -1.44. The van der Waals surface area contributed by atoms with Crippen molar-refractivity contribution < 1.29 is 24.7 Å². The monoisotopic (exact) mass is 225 g/mol. The smallest absolute Gasteiger partial charge is 0.321 e. The summed E-state index contributed by atoms with van der Waals surface area (Å²) < 4.78 is 4.98. The fourth-order valence-electron chi connectivity index (χ4n) is 1.70. The maximum atomic E-state index is 10.8. The van der Waals surface area contributed by atoms with E-state index in [9.17, 15) is 25.1 Å². The number of aromatic hydroxyl groups is 2. The number of hydrogen-bond acceptors (Lipinski definition) is 6. The normalized spacial score (nSPS) is 18.1. The van der Waals surface area contributed by atoms with Crippen LogP contribution in [0.1, 0.15) is 17.2 Å². The molecule has 16 heavy (non-hydrogen) atoms. The van der Waals surface area contributed by atoms with E-state index in [1.165, 1.54) is 0 Å². The van der Waals surface area contributed by atoms with Crippen molar-refractivity contribution in [3.63, 3.8) is 0 Å². The molecular formula is C9H7NO6. The van der Waals surface area contributed by atoms with Gasteiger partial charge in [-0.05, 0) is 11.6 Å². The molecule has 1 aromatic rings. The van der Waals surface area contributed by atoms with Gasteiger partial charge in [0.25, 0.3) is 0 Å². The highest BCUT2D eigenvalue weighted by molar-refractivity contribution is 5.72. The second-order valence-corrected chi connectivity index (χ2v) is 3.29. The van der Waals surface area contributed by atoms with Gasteiger partial charge >= 0.3 is 5.69 Å². The first-order valence-corrected chi connectivity index (χ1v) is 4.35. The fraction of sp³-hybridized carbons (Fsp3) is 0.222. The second kappa shape index (κ2) is 3.46. The molecule has 2 rings (SSSR count). The first-order valence-electron chi connectivity index (χ1n) is 4.35. The molecule has 1 heterocycles. The van der Waals surface area contributed by atoms with Crippen LogP contribution < -0.4 is 0 Å². The largest absolute Gasteiger partial charge is 0.504 e. The number of ether oxygens (including phenoxy) is 1. The molecule has 1 aliphatic rings. The lowest BCUT2D eigenvalue weighted by molar-refractivity contribution is -0.386. The summed E-state index contributed by atoms with van der Waals surface area (Å²) in [6.45, 7) is -0.00653. The Bertz CT molecular complexity index is 483. The fourth-order valence-corrected chi connectivity index (χ4v) is 1.70. The number of nitro benzene ring substituents is 1. The Morgan fingerprint density at radius 1 is 1.56 bits per heavy atom. The first-order chi connectivity index (χ1) is 7.56. The zero-order chi connectivity index (χ0) is 11.9. The Labute approximate surface area is 89.0 Å². The van der Waals surface area contributed by atoms with Gasteiger partial charge in [-0.2, -0.15) is 0 Å². The average molecular weight is 225 g/mol. The van der Waals surface area contributed by atoms with Gasteiger partial charge in [0.2, 0.25) is 5.75 Å². The van der Waals surface area contributed by atoms with E-state index in [0.29, 0.717) is 11.8 Å². The summed E-state index contributed by atoms with van der Waals surface area (Å²) >= 11 is 0. The molecule has 0 fully saturated rings. The number of fused-ring (bicyclic) bond motifs is 1. The number of phenols is 2. The van der Waals surface area contributed by atoms with Crippen molar-refractivity contribution in [2.45, 2.75) is 12.7 Å². The van der Waals surface area contributed by atoms with Gasteiger partial charge in [-0.15, -0.1) is 0 Å². The van der Waals surface area contributed by atoms with Crippen molar-refractivity contribution >= 4 is 12.0 Å². The minimum absolute atomic E-state index is 0.00653. The summed E-state index contributed by atoms with van der Waals surface area (Å²) in [7, 11) is 0. The molecule has 0 aliphatic carbocycles. The van der Waals surface area contributed by atoms with Gasteiger partial charge in [0.15, 0.2) is 12.0 Å². The van der Waals surface area contributed by atoms with Crippen molar-refractivity contribution in [2.75, 3.05) is 0 Å². The number of phenolic OH excluding ortho intramolecular Hbond substituents is 2. The molecule has 0 radical (unpaired) electrons. The average Bonchev–Trinajstić information content (AvgIpc) is 2.61. The van der Waals surface area contributed by atoms with Crippen LogP contribution in [-0.4, -0.2) is 21.4 Å². The number of nitrogens with zero attached hydrogens (tertiary/aromatic N) is 1. The summed E-state index contributed by atoms with van der Waals surface area (Å²) in [5, 5.41) is 29.4. The number of hydrogen-bond donors (Lipinski definition) is 2. The number of benzene rings is 1. The zero-order valence-corrected chi connectivity index (χ0v) is 7.91. The predicted octanol–water partition coefficient (Wildman–Crippen LogP) is 0.776. The molecule has 2 N–H and O–H groups in total. The van der Waals surface area contributed by atoms with Crippen LogP contribution in [-0.2, 0) is 16.1 Å². The van der Waals surface area contributed by atoms with Crippen LogP contribution in [0.5, 0.6) is 11.5 Å². The molecule has 84 valence electrons. The van der Waals surface area contributed by atoms with Crippen LogP contribution in [0.15, 0.2) is 6.07 Å². The van der Waals surface area contributed by atoms with Crippen molar-refractivity contribution in [3.8, 4) is 11.5 Å². The van der Waals surface area contributed by atoms with Crippen LogP contribution in [0.25, 0.3) is 0 Å². The number of rotatable bonds is 2. The van der Waals surface area contributed by atoms with Crippen molar-refractivity contribution in [2.24, 2.45) is 0 Å². The highest BCUT2D eigenvalue weighted by Gasteiger charge is 2.36. The van der Waals surface area contributed by atoms with E-state index >= 15 is 0 Å². The molecule has 0 saturated heterocycles. The van der Waals surface area contributed by atoms with Crippen LogP contribution in [0.2, 0.25) is 0 Å². The highest BCUT2D eigenvalue weighted by atomic mass is 16.6. The van der Waals surface area contributed by atoms with E-state index in [1.54, 1.807) is 0 Å². The Balaban J connectivity index is 2.74. The summed E-state index contributed by atoms with van der Waals surface area (Å²) in [6, 6.07) is 1.15. The number of aldehydes is 1. The Kier molecular flexibility index (Phi) is 2.24. The van der Waals surface area contributed by atoms with Gasteiger partial charge in [0, 0.05) is 0 Å². The lowest BCUT2D eigenvalue weighted by Gasteiger charge is -2.06. The summed E-state index contributed by atoms with van der Waals surface area (Å²) in [6.07, 6.45) is -0.656. The van der Waals surface area contributed by atoms with Gasteiger partial charge in [-0.1, -0.05) is 0 Å². The summed E-state index contributed by atoms with van der Waals surface area (Å²) in [5.41, 5.74) is -0.334. The van der Waals surface area contributed by atoms with Gasteiger partial charge in [0.1, 0.15) is 6.10 Å². The van der Waals surface area contributed by atoms with E-state index in [-0.39, 0.29) is 12.2 Å². The Morgan fingerprint density at radius 3 is 2.81 bits per heavy atom. The maximum Gasteiger partial charge on any atom is 0.321 e. The van der Waals surface area contributed by atoms with E-state index in [2.05, 4.69) is 0 Å². The van der Waals surface area contributed by atoms with Gasteiger partial charge in [-0.3, -0.25) is 10.1 Å². The second-order valence-electron chi connectivity index (χ2n) is 3.29. The molecule has 1 aliphatic heterocycles. The van der Waals surface area contributed by atoms with E-state index in [0.717, 1.165) is 6.07 Å². The molecule has 0 aromatic heterocycles. The third kappa shape index (κ3) is 1.29. The highest BCUT2D eigenvalue weighted by Crippen LogP contribution is 2.46. The van der Waals surface area contributed by atoms with E-state index in [1.807, 2.05) is 0 Å². The molecule has 1 unspecified atom stereocenters. The standard InChI is InChI=1S/C9H7NO6/c11-2-6-7-4(3-16-6)1-5(12)9(13)8(7)10(14)15/h1-2,6,12-13H,3H2. The minimum atomic E-state index is -1.07. The lowest BCUT2D eigenvalue weighted by Crippen LogP contribution is -2.02. The first kappa shape index (κ1) is 10.4. The molecule has 0 bridgehead atoms. The third-order valence-electron chi connectivity index (χ3n) is 2.39. The Morgan fingerprint density at radius 2 is 2.25 bits per heavy atom. The molecule has 7 heteroatoms. The van der Waals surface area contributed by atoms with Gasteiger partial charge < -0.3 is 19.7 Å². The zero-order valence-electron chi connectivity index (χ0n) is 7.91. The van der Waals surface area contributed by atoms with Crippen molar-refractivity contribution in [1.29, 1.82) is 0 Å². The van der Waals surface area contributed by atoms with Crippen molar-refractivity contribution in [3.05, 3.63) is 27.3 Å². The van der Waals surface area contributed by atoms with Crippen LogP contribution in [0.3, 0.4) is 0 Å². The molecule has 7 nitrogen and oxygen atoms in total. The van der Waals surface area contributed by atoms with Crippen LogP contribution in [0.4, 0.5) is 5.69 Å². The molecule has 0 amide bonds. The number of carbonyl (C=O) groups excluding carboxylic acids is 1. The lowest BCUT2D eigenvalue weighted by atomic mass is 10.0. The van der Waals surface area contributed by atoms with Crippen molar-refractivity contribution in [1.82, 2.24) is 0 Å². The minimum Gasteiger partial charge on any atom is -0.504 e. The maximum absolute atomic E-state index is 10.8. The topological polar surface area (TPSA) is 110 Å². The number of carbonyl (C=O) groups is 1. The van der Waals surface area contributed by atoms with E-state index in [4.69, 9.17) is 4.74 Å². The SMILES string of the molecule is O=CC1OCc2cc(O)c(O)c([N+](=O)[O-])c21. The third-order valence-corrected chi connectivity index (χ3v) is 2.39. The quantitative estimate of drug-likeness (QED) is 0.333. The molecular weight excluding hydrogens is 218 g/mol. The molecule has 0 saturated carbocycles.